The van der Waals surface area contributed by atoms with E-state index in [0.29, 0.717) is 18.8 Å². The number of carbonyl (C=O) groups is 1. The molecular weight excluding hydrogens is 206 g/mol. The third-order valence-corrected chi connectivity index (χ3v) is 2.64. The van der Waals surface area contributed by atoms with Crippen molar-refractivity contribution in [3.8, 4) is 0 Å². The maximum Gasteiger partial charge on any atom is 0.255 e. The molecule has 3 rings (SSSR count). The van der Waals surface area contributed by atoms with Crippen LogP contribution in [0.4, 0.5) is 0 Å². The Balaban J connectivity index is 1.89. The molecule has 1 saturated heterocycles. The van der Waals surface area contributed by atoms with Gasteiger partial charge in [-0.2, -0.15) is 5.10 Å². The fraction of sp³-hybridized carbons (Fsp3) is 0.273. The highest BCUT2D eigenvalue weighted by Crippen LogP contribution is 2.10. The minimum absolute atomic E-state index is 0.0884. The van der Waals surface area contributed by atoms with Gasteiger partial charge in [0, 0.05) is 6.20 Å². The lowest BCUT2D eigenvalue weighted by molar-refractivity contribution is -0.00343. The van der Waals surface area contributed by atoms with Gasteiger partial charge in [-0.3, -0.25) is 4.79 Å². The maximum atomic E-state index is 11.9. The third-order valence-electron chi connectivity index (χ3n) is 2.64. The summed E-state index contributed by atoms with van der Waals surface area (Å²) < 4.78 is 6.69. The molecular formula is C11H11N3O2. The average molecular weight is 217 g/mol. The SMILES string of the molecule is O=C(NC1COC1)c1cnn2ccccc12. The summed E-state index contributed by atoms with van der Waals surface area (Å²) in [5, 5.41) is 7.01. The summed E-state index contributed by atoms with van der Waals surface area (Å²) in [4.78, 5) is 11.9. The summed E-state index contributed by atoms with van der Waals surface area (Å²) in [5.41, 5.74) is 1.42. The van der Waals surface area contributed by atoms with Crippen LogP contribution in [0.15, 0.2) is 30.6 Å². The van der Waals surface area contributed by atoms with E-state index in [0.717, 1.165) is 5.52 Å². The van der Waals surface area contributed by atoms with E-state index in [1.54, 1.807) is 10.7 Å². The topological polar surface area (TPSA) is 55.6 Å². The number of ether oxygens (including phenoxy) is 1. The minimum atomic E-state index is -0.0884. The number of nitrogens with one attached hydrogen (secondary N) is 1. The minimum Gasteiger partial charge on any atom is -0.377 e. The summed E-state index contributed by atoms with van der Waals surface area (Å²) in [5.74, 6) is -0.0884. The molecule has 1 fully saturated rings. The van der Waals surface area contributed by atoms with Crippen LogP contribution in [0.3, 0.4) is 0 Å². The van der Waals surface area contributed by atoms with Crippen LogP contribution >= 0.6 is 0 Å². The van der Waals surface area contributed by atoms with Crippen molar-refractivity contribution in [2.75, 3.05) is 13.2 Å². The van der Waals surface area contributed by atoms with Gasteiger partial charge >= 0.3 is 0 Å². The number of nitrogens with zero attached hydrogens (tertiary/aromatic N) is 2. The molecule has 0 bridgehead atoms. The number of fused-ring (bicyclic) bond motifs is 1. The Morgan fingerprint density at radius 2 is 2.38 bits per heavy atom. The van der Waals surface area contributed by atoms with Crippen LogP contribution < -0.4 is 5.32 Å². The van der Waals surface area contributed by atoms with Crippen molar-refractivity contribution in [2.45, 2.75) is 6.04 Å². The fourth-order valence-electron chi connectivity index (χ4n) is 1.69. The highest BCUT2D eigenvalue weighted by molar-refractivity contribution is 6.00. The van der Waals surface area contributed by atoms with Gasteiger partial charge in [0.2, 0.25) is 0 Å². The molecule has 2 aromatic rings. The first-order chi connectivity index (χ1) is 7.84. The molecule has 0 aromatic carbocycles. The normalized spacial score (nSPS) is 16.0. The first kappa shape index (κ1) is 9.35. The summed E-state index contributed by atoms with van der Waals surface area (Å²) in [6.45, 7) is 1.20. The lowest BCUT2D eigenvalue weighted by Gasteiger charge is -2.26. The smallest absolute Gasteiger partial charge is 0.255 e. The van der Waals surface area contributed by atoms with Crippen molar-refractivity contribution in [1.29, 1.82) is 0 Å². The molecule has 2 aromatic heterocycles. The molecule has 5 heteroatoms. The molecule has 0 aliphatic carbocycles. The lowest BCUT2D eigenvalue weighted by atomic mass is 10.2. The van der Waals surface area contributed by atoms with E-state index in [-0.39, 0.29) is 11.9 Å². The first-order valence-corrected chi connectivity index (χ1v) is 5.15. The molecule has 1 N–H and O–H groups in total. The van der Waals surface area contributed by atoms with E-state index in [9.17, 15) is 4.79 Å². The van der Waals surface area contributed by atoms with Gasteiger partial charge in [0.25, 0.3) is 5.91 Å². The molecule has 5 nitrogen and oxygen atoms in total. The highest BCUT2D eigenvalue weighted by atomic mass is 16.5. The molecule has 1 aliphatic rings. The molecule has 16 heavy (non-hydrogen) atoms. The highest BCUT2D eigenvalue weighted by Gasteiger charge is 2.22. The van der Waals surface area contributed by atoms with Crippen LogP contribution in [-0.2, 0) is 4.74 Å². The molecule has 0 unspecified atom stereocenters. The van der Waals surface area contributed by atoms with Gasteiger partial charge in [0.15, 0.2) is 0 Å². The zero-order valence-corrected chi connectivity index (χ0v) is 8.59. The number of hydrogen-bond acceptors (Lipinski definition) is 3. The van der Waals surface area contributed by atoms with E-state index in [2.05, 4.69) is 10.4 Å². The summed E-state index contributed by atoms with van der Waals surface area (Å²) in [7, 11) is 0. The van der Waals surface area contributed by atoms with Crippen LogP contribution in [0.25, 0.3) is 5.52 Å². The van der Waals surface area contributed by atoms with Gasteiger partial charge in [-0.15, -0.1) is 0 Å². The number of rotatable bonds is 2. The number of carbonyl (C=O) groups excluding carboxylic acids is 1. The quantitative estimate of drug-likeness (QED) is 0.795. The van der Waals surface area contributed by atoms with Crippen molar-refractivity contribution in [2.24, 2.45) is 0 Å². The Bertz CT molecular complexity index is 531. The number of hydrogen-bond donors (Lipinski definition) is 1. The van der Waals surface area contributed by atoms with Gasteiger partial charge in [0.05, 0.1) is 36.5 Å². The van der Waals surface area contributed by atoms with E-state index in [1.165, 1.54) is 0 Å². The van der Waals surface area contributed by atoms with Crippen molar-refractivity contribution in [3.63, 3.8) is 0 Å². The van der Waals surface area contributed by atoms with Crippen LogP contribution in [-0.4, -0.2) is 34.8 Å². The van der Waals surface area contributed by atoms with Crippen LogP contribution in [0.2, 0.25) is 0 Å². The molecule has 0 atom stereocenters. The fourth-order valence-corrected chi connectivity index (χ4v) is 1.69. The predicted octanol–water partition coefficient (Wildman–Crippen LogP) is 0.463. The Labute approximate surface area is 92.0 Å². The van der Waals surface area contributed by atoms with Gasteiger partial charge in [-0.1, -0.05) is 6.07 Å². The second kappa shape index (κ2) is 3.61. The first-order valence-electron chi connectivity index (χ1n) is 5.15. The molecule has 1 amide bonds. The van der Waals surface area contributed by atoms with E-state index in [1.807, 2.05) is 24.4 Å². The maximum absolute atomic E-state index is 11.9. The molecule has 3 heterocycles. The van der Waals surface area contributed by atoms with Gasteiger partial charge in [-0.05, 0) is 12.1 Å². The Morgan fingerprint density at radius 3 is 3.12 bits per heavy atom. The van der Waals surface area contributed by atoms with E-state index >= 15 is 0 Å². The molecule has 0 radical (unpaired) electrons. The Morgan fingerprint density at radius 1 is 1.50 bits per heavy atom. The number of pyridine rings is 1. The van der Waals surface area contributed by atoms with Crippen molar-refractivity contribution in [3.05, 3.63) is 36.2 Å². The standard InChI is InChI=1S/C11H11N3O2/c15-11(13-8-6-16-7-8)9-5-12-14-4-2-1-3-10(9)14/h1-5,8H,6-7H2,(H,13,15). The van der Waals surface area contributed by atoms with Gasteiger partial charge < -0.3 is 10.1 Å². The zero-order valence-electron chi connectivity index (χ0n) is 8.59. The summed E-state index contributed by atoms with van der Waals surface area (Å²) in [6, 6.07) is 5.78. The number of amides is 1. The van der Waals surface area contributed by atoms with Crippen LogP contribution in [0.1, 0.15) is 10.4 Å². The lowest BCUT2D eigenvalue weighted by Crippen LogP contribution is -2.48. The molecule has 0 spiro atoms. The average Bonchev–Trinajstić information content (AvgIpc) is 2.67. The largest absolute Gasteiger partial charge is 0.377 e. The molecule has 82 valence electrons. The van der Waals surface area contributed by atoms with Gasteiger partial charge in [-0.25, -0.2) is 4.52 Å². The monoisotopic (exact) mass is 217 g/mol. The summed E-state index contributed by atoms with van der Waals surface area (Å²) >= 11 is 0. The van der Waals surface area contributed by atoms with Crippen LogP contribution in [0.5, 0.6) is 0 Å². The van der Waals surface area contributed by atoms with Crippen molar-refractivity contribution < 1.29 is 9.53 Å². The van der Waals surface area contributed by atoms with Gasteiger partial charge in [0.1, 0.15) is 0 Å². The third kappa shape index (κ3) is 1.45. The second-order valence-electron chi connectivity index (χ2n) is 3.80. The summed E-state index contributed by atoms with van der Waals surface area (Å²) in [6.07, 6.45) is 3.41. The second-order valence-corrected chi connectivity index (χ2v) is 3.80. The number of aromatic nitrogens is 2. The van der Waals surface area contributed by atoms with Crippen molar-refractivity contribution in [1.82, 2.24) is 14.9 Å². The van der Waals surface area contributed by atoms with E-state index < -0.39 is 0 Å². The predicted molar refractivity (Wildman–Crippen MR) is 57.3 cm³/mol. The molecule has 1 aliphatic heterocycles. The van der Waals surface area contributed by atoms with Crippen molar-refractivity contribution >= 4 is 11.4 Å². The van der Waals surface area contributed by atoms with E-state index in [4.69, 9.17) is 4.74 Å². The Hall–Kier alpha value is -1.88. The Kier molecular flexibility index (Phi) is 2.11. The van der Waals surface area contributed by atoms with Crippen LogP contribution in [0, 0.1) is 0 Å². The molecule has 0 saturated carbocycles. The zero-order chi connectivity index (χ0) is 11.0.